The van der Waals surface area contributed by atoms with E-state index in [4.69, 9.17) is 5.73 Å². The minimum absolute atomic E-state index is 0.173. The third kappa shape index (κ3) is 6.95. The van der Waals surface area contributed by atoms with Crippen molar-refractivity contribution in [2.45, 2.75) is 57.2 Å². The van der Waals surface area contributed by atoms with Gasteiger partial charge in [0.05, 0.1) is 6.42 Å². The Hall–Kier alpha value is -4.27. The lowest BCUT2D eigenvalue weighted by Gasteiger charge is -2.43. The van der Waals surface area contributed by atoms with E-state index in [0.717, 1.165) is 34.7 Å². The predicted molar refractivity (Wildman–Crippen MR) is 157 cm³/mol. The summed E-state index contributed by atoms with van der Waals surface area (Å²) < 4.78 is 13.3. The third-order valence-electron chi connectivity index (χ3n) is 8.20. The van der Waals surface area contributed by atoms with Crippen molar-refractivity contribution in [3.05, 3.63) is 90.1 Å². The van der Waals surface area contributed by atoms with Crippen molar-refractivity contribution in [2.75, 3.05) is 13.1 Å². The zero-order chi connectivity index (χ0) is 29.8. The van der Waals surface area contributed by atoms with Crippen LogP contribution in [0.1, 0.15) is 37.3 Å². The van der Waals surface area contributed by atoms with E-state index >= 15 is 0 Å². The second-order valence-electron chi connectivity index (χ2n) is 11.3. The van der Waals surface area contributed by atoms with Crippen molar-refractivity contribution >= 4 is 34.4 Å². The highest BCUT2D eigenvalue weighted by Gasteiger charge is 2.44. The monoisotopic (exact) mass is 571 g/mol. The number of hydrogen-bond donors (Lipinski definition) is 2. The molecule has 1 aliphatic heterocycles. The molecule has 0 bridgehead atoms. The SMILES string of the molecule is CC(NC(=O)[C@@H](Cc1ccc2ccccc2c1)N1CCN(C(=O)[CH]Cc2ccc(F)cc2)[C@@H](CC2CC2)C1=O)C(N)=O. The number of nitrogens with zero attached hydrogens (tertiary/aromatic N) is 2. The Morgan fingerprint density at radius 3 is 2.38 bits per heavy atom. The highest BCUT2D eigenvalue weighted by atomic mass is 19.1. The molecule has 9 heteroatoms. The van der Waals surface area contributed by atoms with Crippen LogP contribution < -0.4 is 11.1 Å². The van der Waals surface area contributed by atoms with Crippen LogP contribution in [0, 0.1) is 18.2 Å². The molecule has 1 saturated heterocycles. The van der Waals surface area contributed by atoms with Crippen molar-refractivity contribution < 1.29 is 23.6 Å². The predicted octanol–water partition coefficient (Wildman–Crippen LogP) is 3.17. The van der Waals surface area contributed by atoms with Crippen molar-refractivity contribution in [2.24, 2.45) is 11.7 Å². The topological polar surface area (TPSA) is 113 Å². The summed E-state index contributed by atoms with van der Waals surface area (Å²) in [7, 11) is 0. The lowest BCUT2D eigenvalue weighted by molar-refractivity contribution is -0.155. The van der Waals surface area contributed by atoms with Gasteiger partial charge in [0.1, 0.15) is 23.9 Å². The number of piperazine rings is 1. The molecular weight excluding hydrogens is 535 g/mol. The van der Waals surface area contributed by atoms with Crippen LogP contribution in [0.15, 0.2) is 66.7 Å². The van der Waals surface area contributed by atoms with Gasteiger partial charge in [-0.15, -0.1) is 0 Å². The van der Waals surface area contributed by atoms with E-state index < -0.39 is 29.9 Å². The van der Waals surface area contributed by atoms with E-state index in [-0.39, 0.29) is 37.1 Å². The molecule has 0 spiro atoms. The first-order valence-electron chi connectivity index (χ1n) is 14.5. The van der Waals surface area contributed by atoms with Crippen molar-refractivity contribution in [1.29, 1.82) is 0 Å². The number of amides is 4. The van der Waals surface area contributed by atoms with Crippen LogP contribution in [0.3, 0.4) is 0 Å². The van der Waals surface area contributed by atoms with Crippen LogP contribution in [0.5, 0.6) is 0 Å². The molecule has 1 saturated carbocycles. The molecule has 3 N–H and O–H groups in total. The number of hydrogen-bond acceptors (Lipinski definition) is 4. The lowest BCUT2D eigenvalue weighted by atomic mass is 9.96. The molecule has 3 atom stereocenters. The van der Waals surface area contributed by atoms with Gasteiger partial charge in [0.25, 0.3) is 0 Å². The average molecular weight is 572 g/mol. The minimum atomic E-state index is -0.905. The van der Waals surface area contributed by atoms with Gasteiger partial charge >= 0.3 is 0 Å². The standard InChI is InChI=1S/C33H36FN4O4/c1-21(31(35)40)36-32(41)28(20-24-8-12-25-4-2-3-5-26(25)18-24)38-17-16-37(29(33(38)42)19-23-6-7-23)30(39)15-11-22-9-13-27(34)14-10-22/h2-5,8-10,12-15,18,21,23,28-29H,6-7,11,16-17,19-20H2,1H3,(H2,35,40)(H,36,41)/t21?,28-,29+/m1/s1. The zero-order valence-corrected chi connectivity index (χ0v) is 23.7. The zero-order valence-electron chi connectivity index (χ0n) is 23.7. The number of fused-ring (bicyclic) bond motifs is 1. The summed E-state index contributed by atoms with van der Waals surface area (Å²) in [5.41, 5.74) is 7.09. The summed E-state index contributed by atoms with van der Waals surface area (Å²) in [6.45, 7) is 1.96. The maximum absolute atomic E-state index is 14.1. The molecule has 1 radical (unpaired) electrons. The molecule has 1 heterocycles. The number of carbonyl (C=O) groups is 4. The van der Waals surface area contributed by atoms with Gasteiger partial charge in [-0.2, -0.15) is 0 Å². The number of primary amides is 1. The Morgan fingerprint density at radius 2 is 1.69 bits per heavy atom. The van der Waals surface area contributed by atoms with Crippen LogP contribution in [0.4, 0.5) is 4.39 Å². The first kappa shape index (κ1) is 29.2. The number of carbonyl (C=O) groups excluding carboxylic acids is 4. The van der Waals surface area contributed by atoms with E-state index in [1.54, 1.807) is 21.9 Å². The number of rotatable bonds is 11. The fourth-order valence-corrected chi connectivity index (χ4v) is 5.53. The largest absolute Gasteiger partial charge is 0.368 e. The molecule has 2 aliphatic rings. The summed E-state index contributed by atoms with van der Waals surface area (Å²) in [4.78, 5) is 55.9. The maximum Gasteiger partial charge on any atom is 0.246 e. The van der Waals surface area contributed by atoms with Crippen LogP contribution in [-0.2, 0) is 32.0 Å². The van der Waals surface area contributed by atoms with E-state index in [1.807, 2.05) is 42.5 Å². The summed E-state index contributed by atoms with van der Waals surface area (Å²) in [6, 6.07) is 17.3. The molecule has 3 aromatic rings. The molecule has 3 aromatic carbocycles. The highest BCUT2D eigenvalue weighted by Crippen LogP contribution is 2.36. The molecule has 4 amide bonds. The third-order valence-corrected chi connectivity index (χ3v) is 8.20. The van der Waals surface area contributed by atoms with E-state index in [0.29, 0.717) is 18.8 Å². The number of nitrogens with two attached hydrogens (primary N) is 1. The summed E-state index contributed by atoms with van der Waals surface area (Å²) in [5, 5.41) is 4.76. The van der Waals surface area contributed by atoms with Crippen molar-refractivity contribution in [3.8, 4) is 0 Å². The van der Waals surface area contributed by atoms with Crippen molar-refractivity contribution in [1.82, 2.24) is 15.1 Å². The quantitative estimate of drug-likeness (QED) is 0.368. The van der Waals surface area contributed by atoms with Crippen molar-refractivity contribution in [3.63, 3.8) is 0 Å². The second-order valence-corrected chi connectivity index (χ2v) is 11.3. The van der Waals surface area contributed by atoms with E-state index in [9.17, 15) is 23.6 Å². The van der Waals surface area contributed by atoms with Crippen LogP contribution in [0.25, 0.3) is 10.8 Å². The summed E-state index contributed by atoms with van der Waals surface area (Å²) in [5.74, 6) is -1.65. The molecule has 1 aliphatic carbocycles. The van der Waals surface area contributed by atoms with E-state index in [2.05, 4.69) is 5.32 Å². The van der Waals surface area contributed by atoms with Crippen LogP contribution >= 0.6 is 0 Å². The Morgan fingerprint density at radius 1 is 1.00 bits per heavy atom. The van der Waals surface area contributed by atoms with Gasteiger partial charge in [0.15, 0.2) is 0 Å². The molecule has 8 nitrogen and oxygen atoms in total. The fourth-order valence-electron chi connectivity index (χ4n) is 5.53. The van der Waals surface area contributed by atoms with Gasteiger partial charge < -0.3 is 20.9 Å². The van der Waals surface area contributed by atoms with Crippen LogP contribution in [0.2, 0.25) is 0 Å². The highest BCUT2D eigenvalue weighted by molar-refractivity contribution is 5.96. The average Bonchev–Trinajstić information content (AvgIpc) is 3.80. The number of halogens is 1. The van der Waals surface area contributed by atoms with Crippen LogP contribution in [-0.4, -0.2) is 64.6 Å². The molecule has 42 heavy (non-hydrogen) atoms. The molecular formula is C33H36FN4O4. The van der Waals surface area contributed by atoms with Gasteiger partial charge in [0, 0.05) is 19.5 Å². The van der Waals surface area contributed by atoms with Gasteiger partial charge in [-0.3, -0.25) is 19.2 Å². The molecule has 219 valence electrons. The Bertz CT molecular complexity index is 1470. The molecule has 5 rings (SSSR count). The Balaban J connectivity index is 1.37. The Kier molecular flexibility index (Phi) is 8.85. The van der Waals surface area contributed by atoms with Gasteiger partial charge in [-0.25, -0.2) is 4.39 Å². The van der Waals surface area contributed by atoms with Gasteiger partial charge in [-0.05, 0) is 59.7 Å². The number of nitrogens with one attached hydrogen (secondary N) is 1. The summed E-state index contributed by atoms with van der Waals surface area (Å²) in [6.07, 6.45) is 4.64. The minimum Gasteiger partial charge on any atom is -0.368 e. The smallest absolute Gasteiger partial charge is 0.246 e. The molecule has 1 unspecified atom stereocenters. The van der Waals surface area contributed by atoms with Gasteiger partial charge in [0.2, 0.25) is 23.6 Å². The second kappa shape index (κ2) is 12.7. The molecule has 0 aromatic heterocycles. The molecule has 2 fully saturated rings. The van der Waals surface area contributed by atoms with E-state index in [1.165, 1.54) is 25.5 Å². The normalized spacial score (nSPS) is 18.5. The first-order chi connectivity index (χ1) is 20.2. The lowest BCUT2D eigenvalue weighted by Crippen LogP contribution is -2.64. The first-order valence-corrected chi connectivity index (χ1v) is 14.5. The maximum atomic E-state index is 14.1. The summed E-state index contributed by atoms with van der Waals surface area (Å²) >= 11 is 0. The fraction of sp³-hybridized carbons (Fsp3) is 0.364. The number of benzene rings is 3. The van der Waals surface area contributed by atoms with Gasteiger partial charge in [-0.1, -0.05) is 67.4 Å². The Labute approximate surface area is 245 Å².